The fourth-order valence-electron chi connectivity index (χ4n) is 1.93. The maximum absolute atomic E-state index is 11.6. The Morgan fingerprint density at radius 2 is 2.12 bits per heavy atom. The number of carbonyl (C=O) groups excluding carboxylic acids is 1. The van der Waals surface area contributed by atoms with Crippen LogP contribution in [0.3, 0.4) is 0 Å². The zero-order valence-electron chi connectivity index (χ0n) is 9.41. The third-order valence-electron chi connectivity index (χ3n) is 3.23. The first-order valence-electron chi connectivity index (χ1n) is 4.99. The molecule has 1 aliphatic rings. The Kier molecular flexibility index (Phi) is 2.48. The van der Waals surface area contributed by atoms with Crippen LogP contribution in [0.2, 0.25) is 5.02 Å². The number of halogens is 1. The van der Waals surface area contributed by atoms with Gasteiger partial charge in [-0.25, -0.2) is 4.79 Å². The largest absolute Gasteiger partial charge is 0.467 e. The SMILES string of the molecule is COC(=O)C1(C)OC1(C)c1cccc(Cl)c1. The molecule has 0 bridgehead atoms. The van der Waals surface area contributed by atoms with Crippen LogP contribution in [-0.2, 0) is 19.9 Å². The number of ether oxygens (including phenoxy) is 2. The summed E-state index contributed by atoms with van der Waals surface area (Å²) >= 11 is 5.91. The molecule has 3 nitrogen and oxygen atoms in total. The molecule has 1 aliphatic heterocycles. The maximum atomic E-state index is 11.6. The van der Waals surface area contributed by atoms with E-state index in [1.807, 2.05) is 19.1 Å². The maximum Gasteiger partial charge on any atom is 0.341 e. The summed E-state index contributed by atoms with van der Waals surface area (Å²) in [6.45, 7) is 3.58. The predicted molar refractivity (Wildman–Crippen MR) is 60.3 cm³/mol. The molecule has 16 heavy (non-hydrogen) atoms. The topological polar surface area (TPSA) is 38.8 Å². The van der Waals surface area contributed by atoms with Gasteiger partial charge in [0, 0.05) is 5.02 Å². The zero-order chi connectivity index (χ0) is 12.0. The Morgan fingerprint density at radius 3 is 2.69 bits per heavy atom. The van der Waals surface area contributed by atoms with Crippen LogP contribution in [0, 0.1) is 0 Å². The normalized spacial score (nSPS) is 32.2. The van der Waals surface area contributed by atoms with Crippen molar-refractivity contribution >= 4 is 17.6 Å². The quantitative estimate of drug-likeness (QED) is 0.589. The van der Waals surface area contributed by atoms with Crippen LogP contribution < -0.4 is 0 Å². The van der Waals surface area contributed by atoms with Crippen molar-refractivity contribution in [1.82, 2.24) is 0 Å². The molecule has 0 amide bonds. The summed E-state index contributed by atoms with van der Waals surface area (Å²) in [4.78, 5) is 11.6. The first kappa shape index (κ1) is 11.4. The molecule has 1 heterocycles. The predicted octanol–water partition coefficient (Wildman–Crippen LogP) is 2.52. The van der Waals surface area contributed by atoms with Gasteiger partial charge < -0.3 is 9.47 Å². The van der Waals surface area contributed by atoms with E-state index in [0.29, 0.717) is 5.02 Å². The highest BCUT2D eigenvalue weighted by atomic mass is 35.5. The average Bonchev–Trinajstić information content (AvgIpc) is 2.84. The molecule has 2 unspecified atom stereocenters. The second kappa shape index (κ2) is 3.47. The Hall–Kier alpha value is -1.06. The van der Waals surface area contributed by atoms with E-state index >= 15 is 0 Å². The molecule has 4 heteroatoms. The number of methoxy groups -OCH3 is 1. The first-order chi connectivity index (χ1) is 7.44. The van der Waals surface area contributed by atoms with E-state index in [-0.39, 0.29) is 5.97 Å². The van der Waals surface area contributed by atoms with Crippen molar-refractivity contribution in [3.05, 3.63) is 34.9 Å². The number of epoxide rings is 1. The molecule has 0 saturated carbocycles. The summed E-state index contributed by atoms with van der Waals surface area (Å²) in [6, 6.07) is 7.31. The Morgan fingerprint density at radius 1 is 1.44 bits per heavy atom. The second-order valence-corrected chi connectivity index (χ2v) is 4.61. The van der Waals surface area contributed by atoms with Gasteiger partial charge in [-0.2, -0.15) is 0 Å². The fraction of sp³-hybridized carbons (Fsp3) is 0.417. The van der Waals surface area contributed by atoms with E-state index in [9.17, 15) is 4.79 Å². The summed E-state index contributed by atoms with van der Waals surface area (Å²) in [6.07, 6.45) is 0. The molecule has 1 fully saturated rings. The van der Waals surface area contributed by atoms with Crippen molar-refractivity contribution in [3.63, 3.8) is 0 Å². The van der Waals surface area contributed by atoms with Crippen molar-refractivity contribution < 1.29 is 14.3 Å². The Labute approximate surface area is 99.3 Å². The van der Waals surface area contributed by atoms with Crippen LogP contribution in [0.4, 0.5) is 0 Å². The smallest absolute Gasteiger partial charge is 0.341 e. The Bertz CT molecular complexity index is 446. The molecular weight excluding hydrogens is 228 g/mol. The molecule has 0 aromatic heterocycles. The van der Waals surface area contributed by atoms with Crippen molar-refractivity contribution in [2.75, 3.05) is 7.11 Å². The van der Waals surface area contributed by atoms with Gasteiger partial charge in [-0.3, -0.25) is 0 Å². The van der Waals surface area contributed by atoms with Crippen LogP contribution in [0.25, 0.3) is 0 Å². The summed E-state index contributed by atoms with van der Waals surface area (Å²) in [5.74, 6) is -0.366. The highest BCUT2D eigenvalue weighted by molar-refractivity contribution is 6.30. The summed E-state index contributed by atoms with van der Waals surface area (Å²) in [5, 5.41) is 0.626. The first-order valence-corrected chi connectivity index (χ1v) is 5.36. The van der Waals surface area contributed by atoms with Crippen molar-refractivity contribution in [2.24, 2.45) is 0 Å². The lowest BCUT2D eigenvalue weighted by atomic mass is 9.89. The molecule has 86 valence electrons. The Balaban J connectivity index is 2.34. The fourth-order valence-corrected chi connectivity index (χ4v) is 2.12. The van der Waals surface area contributed by atoms with Gasteiger partial charge in [-0.05, 0) is 31.5 Å². The third-order valence-corrected chi connectivity index (χ3v) is 3.46. The molecule has 1 aromatic carbocycles. The van der Waals surface area contributed by atoms with E-state index in [2.05, 4.69) is 0 Å². The van der Waals surface area contributed by atoms with E-state index in [1.165, 1.54) is 7.11 Å². The third kappa shape index (κ3) is 1.43. The van der Waals surface area contributed by atoms with Gasteiger partial charge in [0.15, 0.2) is 5.60 Å². The van der Waals surface area contributed by atoms with Gasteiger partial charge in [0.1, 0.15) is 5.60 Å². The minimum atomic E-state index is -0.910. The molecule has 0 spiro atoms. The lowest BCUT2D eigenvalue weighted by Gasteiger charge is -2.11. The summed E-state index contributed by atoms with van der Waals surface area (Å²) < 4.78 is 10.3. The van der Waals surface area contributed by atoms with E-state index < -0.39 is 11.2 Å². The van der Waals surface area contributed by atoms with Crippen molar-refractivity contribution in [1.29, 1.82) is 0 Å². The van der Waals surface area contributed by atoms with Crippen LogP contribution in [-0.4, -0.2) is 18.7 Å². The summed E-state index contributed by atoms with van der Waals surface area (Å²) in [7, 11) is 1.35. The number of hydrogen-bond acceptors (Lipinski definition) is 3. The van der Waals surface area contributed by atoms with Crippen molar-refractivity contribution in [2.45, 2.75) is 25.0 Å². The van der Waals surface area contributed by atoms with Crippen LogP contribution in [0.15, 0.2) is 24.3 Å². The monoisotopic (exact) mass is 240 g/mol. The standard InChI is InChI=1S/C12H13ClO3/c1-11(8-5-4-6-9(13)7-8)12(2,16-11)10(14)15-3/h4-7H,1-3H3. The van der Waals surface area contributed by atoms with Crippen LogP contribution >= 0.6 is 11.6 Å². The number of rotatable bonds is 2. The van der Waals surface area contributed by atoms with Gasteiger partial charge in [0.2, 0.25) is 0 Å². The van der Waals surface area contributed by atoms with Gasteiger partial charge in [-0.15, -0.1) is 0 Å². The van der Waals surface area contributed by atoms with Crippen molar-refractivity contribution in [3.8, 4) is 0 Å². The van der Waals surface area contributed by atoms with Gasteiger partial charge in [0.25, 0.3) is 0 Å². The minimum Gasteiger partial charge on any atom is -0.467 e. The van der Waals surface area contributed by atoms with Gasteiger partial charge >= 0.3 is 5.97 Å². The number of benzene rings is 1. The highest BCUT2D eigenvalue weighted by Gasteiger charge is 2.70. The van der Waals surface area contributed by atoms with Gasteiger partial charge in [0.05, 0.1) is 7.11 Å². The molecule has 0 N–H and O–H groups in total. The molecule has 0 radical (unpaired) electrons. The number of carbonyl (C=O) groups is 1. The molecular formula is C12H13ClO3. The zero-order valence-corrected chi connectivity index (χ0v) is 10.2. The average molecular weight is 241 g/mol. The molecule has 1 saturated heterocycles. The minimum absolute atomic E-state index is 0.366. The van der Waals surface area contributed by atoms with Crippen LogP contribution in [0.1, 0.15) is 19.4 Å². The highest BCUT2D eigenvalue weighted by Crippen LogP contribution is 2.56. The summed E-state index contributed by atoms with van der Waals surface area (Å²) in [5.41, 5.74) is -0.676. The number of esters is 1. The van der Waals surface area contributed by atoms with E-state index in [0.717, 1.165) is 5.56 Å². The lowest BCUT2D eigenvalue weighted by Crippen LogP contribution is -2.29. The number of hydrogen-bond donors (Lipinski definition) is 0. The second-order valence-electron chi connectivity index (χ2n) is 4.17. The van der Waals surface area contributed by atoms with Crippen LogP contribution in [0.5, 0.6) is 0 Å². The molecule has 0 aliphatic carbocycles. The van der Waals surface area contributed by atoms with Gasteiger partial charge in [-0.1, -0.05) is 23.7 Å². The lowest BCUT2D eigenvalue weighted by molar-refractivity contribution is -0.146. The van der Waals surface area contributed by atoms with E-state index in [4.69, 9.17) is 21.1 Å². The van der Waals surface area contributed by atoms with E-state index in [1.54, 1.807) is 19.1 Å². The molecule has 1 aromatic rings. The molecule has 2 atom stereocenters. The molecule has 2 rings (SSSR count).